The molecule has 0 spiro atoms. The minimum atomic E-state index is -1.78. The van der Waals surface area contributed by atoms with Crippen molar-refractivity contribution in [1.82, 2.24) is 5.32 Å². The van der Waals surface area contributed by atoms with E-state index in [1.54, 1.807) is 0 Å². The molecular formula is C57H101NO13. The van der Waals surface area contributed by atoms with Gasteiger partial charge in [0.15, 0.2) is 12.6 Å². The van der Waals surface area contributed by atoms with Crippen LogP contribution in [0.5, 0.6) is 0 Å². The van der Waals surface area contributed by atoms with Gasteiger partial charge in [-0.3, -0.25) is 4.79 Å². The van der Waals surface area contributed by atoms with Crippen LogP contribution in [-0.2, 0) is 23.7 Å². The fourth-order valence-corrected chi connectivity index (χ4v) is 8.97. The smallest absolute Gasteiger partial charge is 0.220 e. The number of unbranched alkanes of at least 4 members (excludes halogenated alkanes) is 20. The predicted molar refractivity (Wildman–Crippen MR) is 281 cm³/mol. The zero-order chi connectivity index (χ0) is 51.7. The van der Waals surface area contributed by atoms with E-state index < -0.39 is 86.8 Å². The Morgan fingerprint density at radius 2 is 0.972 bits per heavy atom. The normalized spacial score (nSPS) is 26.2. The van der Waals surface area contributed by atoms with E-state index in [0.717, 1.165) is 89.9 Å². The summed E-state index contributed by atoms with van der Waals surface area (Å²) in [5, 5.41) is 86.9. The molecule has 12 atom stereocenters. The standard InChI is InChI=1S/C57H101NO13/c1-3-5-7-9-11-13-15-16-17-18-19-20-21-22-23-24-25-26-27-28-29-30-31-33-35-37-39-41-49(62)58-45(46(61)40-38-36-34-32-14-12-10-8-6-4-2)44-68-56-54(67)52(65)55(48(43-60)70-56)71-57-53(66)51(64)50(63)47(42-59)69-57/h5,7,11,13,16-17,19-20,22-23,45-48,50-57,59-61,63-67H,3-4,6,8-10,12,14-15,18,21,24-44H2,1-2H3,(H,58,62)/b7-5-,13-11-,17-16-,20-19-,23-22-. The highest BCUT2D eigenvalue weighted by Crippen LogP contribution is 2.30. The van der Waals surface area contributed by atoms with E-state index in [1.165, 1.54) is 83.5 Å². The second-order valence-electron chi connectivity index (χ2n) is 19.7. The molecule has 1 amide bonds. The minimum absolute atomic E-state index is 0.214. The Hall–Kier alpha value is -2.31. The average molecular weight is 1010 g/mol. The molecule has 0 aromatic heterocycles. The number of ether oxygens (including phenoxy) is 4. The molecule has 2 fully saturated rings. The van der Waals surface area contributed by atoms with Gasteiger partial charge >= 0.3 is 0 Å². The maximum atomic E-state index is 13.2. The van der Waals surface area contributed by atoms with Gasteiger partial charge in [0, 0.05) is 6.42 Å². The summed E-state index contributed by atoms with van der Waals surface area (Å²) in [5.74, 6) is -0.214. The quantitative estimate of drug-likeness (QED) is 0.0206. The first-order valence-electron chi connectivity index (χ1n) is 28.0. The SMILES string of the molecule is CC/C=C\C/C=C\C/C=C\C/C=C\C/C=C\CCCCCCCCCCCCCC(=O)NC(COC1OC(CO)C(OC2OC(CO)C(O)C(O)C2O)C(O)C1O)C(O)CCCCCCCCCCCC. The largest absolute Gasteiger partial charge is 0.394 e. The third-order valence-corrected chi connectivity index (χ3v) is 13.5. The van der Waals surface area contributed by atoms with Crippen molar-refractivity contribution in [3.63, 3.8) is 0 Å². The van der Waals surface area contributed by atoms with Crippen LogP contribution in [0, 0.1) is 0 Å². The third kappa shape index (κ3) is 29.4. The molecule has 0 bridgehead atoms. The van der Waals surface area contributed by atoms with E-state index in [0.29, 0.717) is 12.8 Å². The molecule has 71 heavy (non-hydrogen) atoms. The first-order valence-corrected chi connectivity index (χ1v) is 28.0. The summed E-state index contributed by atoms with van der Waals surface area (Å²) in [6.45, 7) is 2.71. The van der Waals surface area contributed by atoms with E-state index in [9.17, 15) is 45.6 Å². The summed E-state index contributed by atoms with van der Waals surface area (Å²) < 4.78 is 22.8. The molecule has 0 aromatic carbocycles. The molecule has 2 aliphatic rings. The van der Waals surface area contributed by atoms with Gasteiger partial charge in [-0.25, -0.2) is 0 Å². The Bertz CT molecular complexity index is 1420. The van der Waals surface area contributed by atoms with Gasteiger partial charge in [-0.1, -0.05) is 197 Å². The highest BCUT2D eigenvalue weighted by atomic mass is 16.7. The number of aliphatic hydroxyl groups is 8. The number of amides is 1. The van der Waals surface area contributed by atoms with Crippen molar-refractivity contribution in [2.24, 2.45) is 0 Å². The molecule has 2 rings (SSSR count). The molecule has 14 heteroatoms. The third-order valence-electron chi connectivity index (χ3n) is 13.5. The Kier molecular flexibility index (Phi) is 39.2. The van der Waals surface area contributed by atoms with Gasteiger partial charge in [-0.05, 0) is 57.8 Å². The maximum Gasteiger partial charge on any atom is 0.220 e. The summed E-state index contributed by atoms with van der Waals surface area (Å²) in [5.41, 5.74) is 0. The van der Waals surface area contributed by atoms with Crippen molar-refractivity contribution in [2.75, 3.05) is 19.8 Å². The van der Waals surface area contributed by atoms with Crippen molar-refractivity contribution in [2.45, 2.75) is 274 Å². The molecular weight excluding hydrogens is 907 g/mol. The molecule has 0 aliphatic carbocycles. The van der Waals surface area contributed by atoms with Crippen LogP contribution >= 0.6 is 0 Å². The zero-order valence-electron chi connectivity index (χ0n) is 43.9. The van der Waals surface area contributed by atoms with Gasteiger partial charge in [-0.2, -0.15) is 0 Å². The summed E-state index contributed by atoms with van der Waals surface area (Å²) in [4.78, 5) is 13.2. The summed E-state index contributed by atoms with van der Waals surface area (Å²) in [7, 11) is 0. The Morgan fingerprint density at radius 3 is 1.49 bits per heavy atom. The molecule has 412 valence electrons. The lowest BCUT2D eigenvalue weighted by molar-refractivity contribution is -0.359. The van der Waals surface area contributed by atoms with Gasteiger partial charge in [0.05, 0.1) is 32.0 Å². The van der Waals surface area contributed by atoms with Crippen LogP contribution < -0.4 is 5.32 Å². The van der Waals surface area contributed by atoms with Gasteiger partial charge < -0.3 is 65.1 Å². The monoisotopic (exact) mass is 1010 g/mol. The van der Waals surface area contributed by atoms with Crippen LogP contribution in [0.2, 0.25) is 0 Å². The highest BCUT2D eigenvalue weighted by Gasteiger charge is 2.51. The number of allylic oxidation sites excluding steroid dienone is 10. The minimum Gasteiger partial charge on any atom is -0.394 e. The van der Waals surface area contributed by atoms with Crippen molar-refractivity contribution in [3.05, 3.63) is 60.8 Å². The van der Waals surface area contributed by atoms with Crippen molar-refractivity contribution >= 4 is 5.91 Å². The van der Waals surface area contributed by atoms with E-state index in [1.807, 2.05) is 0 Å². The highest BCUT2D eigenvalue weighted by molar-refractivity contribution is 5.76. The lowest BCUT2D eigenvalue weighted by Gasteiger charge is -2.46. The van der Waals surface area contributed by atoms with Crippen molar-refractivity contribution < 1.29 is 64.6 Å². The van der Waals surface area contributed by atoms with E-state index in [2.05, 4.69) is 79.9 Å². The second kappa shape index (κ2) is 43.0. The molecule has 0 aromatic rings. The van der Waals surface area contributed by atoms with E-state index >= 15 is 0 Å². The average Bonchev–Trinajstić information content (AvgIpc) is 3.37. The fraction of sp³-hybridized carbons (Fsp3) is 0.807. The molecule has 12 unspecified atom stereocenters. The predicted octanol–water partition coefficient (Wildman–Crippen LogP) is 8.61. The maximum absolute atomic E-state index is 13.2. The first-order chi connectivity index (χ1) is 34.6. The zero-order valence-corrected chi connectivity index (χ0v) is 43.9. The molecule has 2 saturated heterocycles. The van der Waals surface area contributed by atoms with Gasteiger partial charge in [0.1, 0.15) is 48.8 Å². The number of carbonyl (C=O) groups is 1. The number of aliphatic hydroxyl groups excluding tert-OH is 8. The fourth-order valence-electron chi connectivity index (χ4n) is 8.97. The Balaban J connectivity index is 1.70. The summed E-state index contributed by atoms with van der Waals surface area (Å²) >= 11 is 0. The van der Waals surface area contributed by atoms with Crippen LogP contribution in [0.1, 0.15) is 200 Å². The first kappa shape index (κ1) is 64.8. The summed E-state index contributed by atoms with van der Waals surface area (Å²) in [6.07, 6.45) is 36.6. The molecule has 2 aliphatic heterocycles. The van der Waals surface area contributed by atoms with Gasteiger partial charge in [-0.15, -0.1) is 0 Å². The van der Waals surface area contributed by atoms with Crippen LogP contribution in [-0.4, -0.2) is 140 Å². The Labute approximate surface area is 428 Å². The lowest BCUT2D eigenvalue weighted by Crippen LogP contribution is -2.65. The molecule has 2 heterocycles. The number of carbonyl (C=O) groups excluding carboxylic acids is 1. The summed E-state index contributed by atoms with van der Waals surface area (Å²) in [6, 6.07) is -0.831. The molecule has 14 nitrogen and oxygen atoms in total. The lowest BCUT2D eigenvalue weighted by atomic mass is 9.97. The topological polar surface area (TPSA) is 228 Å². The van der Waals surface area contributed by atoms with Crippen molar-refractivity contribution in [3.8, 4) is 0 Å². The number of nitrogens with one attached hydrogen (secondary N) is 1. The van der Waals surface area contributed by atoms with Crippen LogP contribution in [0.25, 0.3) is 0 Å². The van der Waals surface area contributed by atoms with E-state index in [4.69, 9.17) is 18.9 Å². The molecule has 9 N–H and O–H groups in total. The number of hydrogen-bond donors (Lipinski definition) is 9. The Morgan fingerprint density at radius 1 is 0.521 bits per heavy atom. The molecule has 0 saturated carbocycles. The van der Waals surface area contributed by atoms with E-state index in [-0.39, 0.29) is 12.5 Å². The molecule has 0 radical (unpaired) electrons. The van der Waals surface area contributed by atoms with Gasteiger partial charge in [0.2, 0.25) is 5.91 Å². The van der Waals surface area contributed by atoms with Crippen molar-refractivity contribution in [1.29, 1.82) is 0 Å². The number of rotatable bonds is 43. The number of hydrogen-bond acceptors (Lipinski definition) is 13. The van der Waals surface area contributed by atoms with Gasteiger partial charge in [0.25, 0.3) is 0 Å². The van der Waals surface area contributed by atoms with Crippen LogP contribution in [0.15, 0.2) is 60.8 Å². The van der Waals surface area contributed by atoms with Crippen LogP contribution in [0.4, 0.5) is 0 Å². The van der Waals surface area contributed by atoms with Crippen LogP contribution in [0.3, 0.4) is 0 Å². The second-order valence-corrected chi connectivity index (χ2v) is 19.7.